The van der Waals surface area contributed by atoms with E-state index in [4.69, 9.17) is 21.3 Å². The predicted octanol–water partition coefficient (Wildman–Crippen LogP) is 1.39. The van der Waals surface area contributed by atoms with E-state index in [9.17, 15) is 14.4 Å². The third-order valence-electron chi connectivity index (χ3n) is 8.41. The zero-order chi connectivity index (χ0) is 32.5. The number of nitrogens with zero attached hydrogens (tertiary/aromatic N) is 5. The molecule has 240 valence electrons. The summed E-state index contributed by atoms with van der Waals surface area (Å²) in [5.74, 6) is -1.02. The Labute approximate surface area is 266 Å². The molecular weight excluding hydrogens is 588 g/mol. The molecule has 2 fully saturated rings. The number of benzene rings is 1. The fourth-order valence-corrected chi connectivity index (χ4v) is 5.87. The Bertz CT molecular complexity index is 1750. The molecule has 0 radical (unpaired) electrons. The number of amides is 2. The van der Waals surface area contributed by atoms with E-state index >= 15 is 0 Å². The lowest BCUT2D eigenvalue weighted by atomic mass is 9.97. The van der Waals surface area contributed by atoms with Gasteiger partial charge >= 0.3 is 5.97 Å². The van der Waals surface area contributed by atoms with Gasteiger partial charge in [-0.25, -0.2) is 9.78 Å². The number of nitrogens with two attached hydrogens (primary N) is 2. The lowest BCUT2D eigenvalue weighted by molar-refractivity contribution is -0.121. The number of ether oxygens (including phenoxy) is 1. The Morgan fingerprint density at radius 3 is 2.57 bits per heavy atom. The lowest BCUT2D eigenvalue weighted by Gasteiger charge is -2.40. The summed E-state index contributed by atoms with van der Waals surface area (Å²) in [4.78, 5) is 45.5. The number of likely N-dealkylation sites (tertiary alicyclic amines) is 1. The molecule has 1 aliphatic carbocycles. The summed E-state index contributed by atoms with van der Waals surface area (Å²) < 4.78 is 6.90. The van der Waals surface area contributed by atoms with Gasteiger partial charge in [-0.3, -0.25) is 19.2 Å². The maximum Gasteiger partial charge on any atom is 0.356 e. The van der Waals surface area contributed by atoms with Gasteiger partial charge < -0.3 is 37.1 Å². The van der Waals surface area contributed by atoms with Crippen LogP contribution in [0.5, 0.6) is 0 Å². The predicted molar refractivity (Wildman–Crippen MR) is 172 cm³/mol. The number of likely N-dealkylation sites (N-methyl/N-ethyl adjacent to an activating group) is 1. The number of hydrogen-bond acceptors (Lipinski definition) is 11. The molecule has 2 amide bonds. The van der Waals surface area contributed by atoms with Crippen LogP contribution in [-0.4, -0.2) is 71.7 Å². The van der Waals surface area contributed by atoms with Crippen LogP contribution in [0.15, 0.2) is 65.9 Å². The molecule has 0 spiro atoms. The first kappa shape index (κ1) is 30.6. The Balaban J connectivity index is 1.21. The summed E-state index contributed by atoms with van der Waals surface area (Å²) in [5, 5.41) is 13.3. The van der Waals surface area contributed by atoms with Crippen LogP contribution >= 0.6 is 0 Å². The summed E-state index contributed by atoms with van der Waals surface area (Å²) in [6.07, 6.45) is 5.05. The summed E-state index contributed by atoms with van der Waals surface area (Å²) in [6, 6.07) is 11.4. The summed E-state index contributed by atoms with van der Waals surface area (Å²) in [5.41, 5.74) is 18.4. The molecule has 3 aromatic rings. The smallest absolute Gasteiger partial charge is 0.356 e. The number of hydrogen-bond donors (Lipinski definition) is 5. The van der Waals surface area contributed by atoms with E-state index < -0.39 is 11.9 Å². The van der Waals surface area contributed by atoms with E-state index in [2.05, 4.69) is 35.4 Å². The zero-order valence-electron chi connectivity index (χ0n) is 26.0. The molecule has 1 saturated heterocycles. The van der Waals surface area contributed by atoms with Crippen LogP contribution in [0, 0.1) is 5.92 Å². The van der Waals surface area contributed by atoms with Crippen molar-refractivity contribution < 1.29 is 19.1 Å². The number of methoxy groups -OCH3 is 1. The number of esters is 1. The van der Waals surface area contributed by atoms with Gasteiger partial charge in [0.2, 0.25) is 5.91 Å². The van der Waals surface area contributed by atoms with Crippen molar-refractivity contribution in [2.45, 2.75) is 32.0 Å². The monoisotopic (exact) mass is 626 g/mol. The number of carbonyl (C=O) groups excluding carboxylic acids is 3. The Morgan fingerprint density at radius 2 is 1.85 bits per heavy atom. The third kappa shape index (κ3) is 6.11. The second-order valence-corrected chi connectivity index (χ2v) is 11.8. The van der Waals surface area contributed by atoms with Gasteiger partial charge in [-0.2, -0.15) is 5.10 Å². The minimum Gasteiger partial charge on any atom is -0.464 e. The molecule has 6 rings (SSSR count). The largest absolute Gasteiger partial charge is 0.464 e. The SMILES string of the molecule is CNC(=O)/C(N)=C(/C=C(\N)NC(=O)C1CC1)Nc1cccc2c1N(C)Cc1c-2cnn1C1CN(Cc2cccc(C(=O)OC)n2)C1. The van der Waals surface area contributed by atoms with Gasteiger partial charge in [-0.1, -0.05) is 18.2 Å². The molecule has 0 bridgehead atoms. The number of pyridine rings is 1. The maximum absolute atomic E-state index is 12.5. The van der Waals surface area contributed by atoms with E-state index in [1.807, 2.05) is 43.6 Å². The number of aromatic nitrogens is 3. The molecule has 0 atom stereocenters. The van der Waals surface area contributed by atoms with Gasteiger partial charge in [-0.15, -0.1) is 0 Å². The highest BCUT2D eigenvalue weighted by Gasteiger charge is 2.34. The average molecular weight is 627 g/mol. The molecule has 4 heterocycles. The number of para-hydroxylation sites is 1. The van der Waals surface area contributed by atoms with Crippen molar-refractivity contribution in [2.24, 2.45) is 17.4 Å². The Morgan fingerprint density at radius 1 is 1.09 bits per heavy atom. The van der Waals surface area contributed by atoms with E-state index in [0.29, 0.717) is 24.5 Å². The van der Waals surface area contributed by atoms with E-state index in [1.165, 1.54) is 20.2 Å². The fraction of sp³-hybridized carbons (Fsp3) is 0.344. The molecule has 7 N–H and O–H groups in total. The van der Waals surface area contributed by atoms with Gasteiger partial charge in [0, 0.05) is 56.9 Å². The third-order valence-corrected chi connectivity index (χ3v) is 8.41. The second kappa shape index (κ2) is 12.6. The van der Waals surface area contributed by atoms with Gasteiger partial charge in [0.15, 0.2) is 0 Å². The number of fused-ring (bicyclic) bond motifs is 3. The Hall–Kier alpha value is -5.37. The maximum atomic E-state index is 12.5. The fourth-order valence-electron chi connectivity index (χ4n) is 5.87. The van der Waals surface area contributed by atoms with Crippen LogP contribution in [-0.2, 0) is 27.4 Å². The molecule has 14 nitrogen and oxygen atoms in total. The zero-order valence-corrected chi connectivity index (χ0v) is 26.0. The minimum atomic E-state index is -0.483. The van der Waals surface area contributed by atoms with Gasteiger partial charge in [0.1, 0.15) is 17.2 Å². The van der Waals surface area contributed by atoms with Crippen molar-refractivity contribution in [2.75, 3.05) is 44.5 Å². The molecule has 0 unspecified atom stereocenters. The number of allylic oxidation sites excluding steroid dienone is 1. The second-order valence-electron chi connectivity index (χ2n) is 11.8. The van der Waals surface area contributed by atoms with E-state index in [-0.39, 0.29) is 35.1 Å². The molecule has 1 aromatic carbocycles. The Kier molecular flexibility index (Phi) is 8.37. The molecule has 14 heteroatoms. The quantitative estimate of drug-likeness (QED) is 0.124. The highest BCUT2D eigenvalue weighted by atomic mass is 16.5. The van der Waals surface area contributed by atoms with Crippen molar-refractivity contribution in [3.8, 4) is 11.1 Å². The molecule has 1 saturated carbocycles. The van der Waals surface area contributed by atoms with Crippen LogP contribution in [0.1, 0.15) is 40.8 Å². The molecule has 46 heavy (non-hydrogen) atoms. The molecule has 3 aliphatic rings. The van der Waals surface area contributed by atoms with Crippen LogP contribution in [0.3, 0.4) is 0 Å². The number of rotatable bonds is 10. The van der Waals surface area contributed by atoms with E-state index in [1.54, 1.807) is 6.07 Å². The van der Waals surface area contributed by atoms with Gasteiger partial charge in [-0.05, 0) is 31.0 Å². The lowest BCUT2D eigenvalue weighted by Crippen LogP contribution is -2.48. The van der Waals surface area contributed by atoms with Crippen molar-refractivity contribution in [1.82, 2.24) is 30.3 Å². The summed E-state index contributed by atoms with van der Waals surface area (Å²) in [7, 11) is 4.84. The van der Waals surface area contributed by atoms with Crippen LogP contribution in [0.25, 0.3) is 11.1 Å². The first-order chi connectivity index (χ1) is 22.2. The number of nitrogens with one attached hydrogen (secondary N) is 3. The molecular formula is C32H38N10O4. The summed E-state index contributed by atoms with van der Waals surface area (Å²) in [6.45, 7) is 2.84. The van der Waals surface area contributed by atoms with Crippen molar-refractivity contribution in [1.29, 1.82) is 0 Å². The van der Waals surface area contributed by atoms with Crippen LogP contribution in [0.4, 0.5) is 11.4 Å². The first-order valence-electron chi connectivity index (χ1n) is 15.1. The van der Waals surface area contributed by atoms with Crippen LogP contribution in [0.2, 0.25) is 0 Å². The topological polar surface area (TPSA) is 186 Å². The standard InChI is InChI=1S/C32H38N10O4/c1-35-31(44)28(34)25(12-27(33)39-30(43)18-10-11-18)38-23-8-5-7-21-22-13-36-42(26(22)17-40(2)29(21)23)20-15-41(16-20)14-19-6-4-9-24(37-19)32(45)46-3/h4-9,12-13,18,20,38H,10-11,14-17,33-34H2,1-3H3,(H,35,44)(H,39,43)/b27-12+,28-25+. The van der Waals surface area contributed by atoms with Gasteiger partial charge in [0.05, 0.1) is 54.4 Å². The van der Waals surface area contributed by atoms with E-state index in [0.717, 1.165) is 54.1 Å². The molecule has 2 aliphatic heterocycles. The van der Waals surface area contributed by atoms with Crippen LogP contribution < -0.4 is 32.3 Å². The number of carbonyl (C=O) groups is 3. The normalized spacial score (nSPS) is 16.8. The molecule has 2 aromatic heterocycles. The van der Waals surface area contributed by atoms with Crippen molar-refractivity contribution in [3.63, 3.8) is 0 Å². The van der Waals surface area contributed by atoms with Crippen molar-refractivity contribution >= 4 is 29.2 Å². The number of anilines is 2. The summed E-state index contributed by atoms with van der Waals surface area (Å²) >= 11 is 0. The average Bonchev–Trinajstić information content (AvgIpc) is 3.81. The van der Waals surface area contributed by atoms with Crippen molar-refractivity contribution in [3.05, 3.63) is 83.0 Å². The van der Waals surface area contributed by atoms with Gasteiger partial charge in [0.25, 0.3) is 5.91 Å². The highest BCUT2D eigenvalue weighted by molar-refractivity contribution is 5.96. The highest BCUT2D eigenvalue weighted by Crippen LogP contribution is 2.44. The minimum absolute atomic E-state index is 0.0290. The first-order valence-corrected chi connectivity index (χ1v) is 15.1.